The van der Waals surface area contributed by atoms with Gasteiger partial charge in [-0.3, -0.25) is 9.78 Å². The standard InChI is InChI=1S/C33H30F3N5OS/c1-3-41-21(2)29(27-10-6-7-17-37-27)39-30(41)28-20-43-31(38-28)23-15-18-40(19-16-23)32(42)26-9-5-4-8-25(26)22-11-13-24(14-12-22)33(34,35)36/h4-14,17,20,23H,3,15-16,18-19H2,1-2H3. The van der Waals surface area contributed by atoms with E-state index in [-0.39, 0.29) is 11.8 Å². The number of benzene rings is 2. The van der Waals surface area contributed by atoms with Crippen LogP contribution in [-0.4, -0.2) is 43.4 Å². The van der Waals surface area contributed by atoms with Crippen molar-refractivity contribution in [2.75, 3.05) is 13.1 Å². The average Bonchev–Trinajstić information content (AvgIpc) is 3.65. The van der Waals surface area contributed by atoms with Crippen molar-refractivity contribution >= 4 is 17.2 Å². The summed E-state index contributed by atoms with van der Waals surface area (Å²) in [7, 11) is 0. The van der Waals surface area contributed by atoms with Gasteiger partial charge in [0, 0.05) is 48.4 Å². The number of amides is 1. The summed E-state index contributed by atoms with van der Waals surface area (Å²) in [5.74, 6) is 0.946. The molecule has 0 atom stereocenters. The molecule has 4 heterocycles. The second-order valence-corrected chi connectivity index (χ2v) is 11.5. The number of hydrogen-bond acceptors (Lipinski definition) is 5. The van der Waals surface area contributed by atoms with Crippen LogP contribution < -0.4 is 0 Å². The molecule has 1 fully saturated rings. The lowest BCUT2D eigenvalue weighted by atomic mass is 9.94. The molecule has 1 saturated heterocycles. The third-order valence-electron chi connectivity index (χ3n) is 8.01. The maximum Gasteiger partial charge on any atom is 0.416 e. The summed E-state index contributed by atoms with van der Waals surface area (Å²) in [6, 6.07) is 17.9. The second-order valence-electron chi connectivity index (χ2n) is 10.6. The predicted octanol–water partition coefficient (Wildman–Crippen LogP) is 8.10. The number of rotatable bonds is 6. The van der Waals surface area contributed by atoms with Gasteiger partial charge >= 0.3 is 6.18 Å². The number of aromatic nitrogens is 4. The molecule has 6 nitrogen and oxygen atoms in total. The quantitative estimate of drug-likeness (QED) is 0.197. The van der Waals surface area contributed by atoms with Gasteiger partial charge < -0.3 is 9.47 Å². The van der Waals surface area contributed by atoms with Crippen LogP contribution in [0.5, 0.6) is 0 Å². The van der Waals surface area contributed by atoms with Crippen molar-refractivity contribution in [3.8, 4) is 34.0 Å². The Morgan fingerprint density at radius 1 is 0.953 bits per heavy atom. The van der Waals surface area contributed by atoms with Gasteiger partial charge in [0.1, 0.15) is 11.4 Å². The maximum absolute atomic E-state index is 13.6. The van der Waals surface area contributed by atoms with Gasteiger partial charge in [-0.1, -0.05) is 36.4 Å². The summed E-state index contributed by atoms with van der Waals surface area (Å²) in [5, 5.41) is 3.10. The van der Waals surface area contributed by atoms with Gasteiger partial charge in [-0.25, -0.2) is 9.97 Å². The third-order valence-corrected chi connectivity index (χ3v) is 9.02. The number of thiazole rings is 1. The molecule has 0 N–H and O–H groups in total. The predicted molar refractivity (Wildman–Crippen MR) is 162 cm³/mol. The summed E-state index contributed by atoms with van der Waals surface area (Å²) in [6.07, 6.45) is -1.08. The molecule has 1 aliphatic rings. The van der Waals surface area contributed by atoms with E-state index in [1.54, 1.807) is 41.8 Å². The summed E-state index contributed by atoms with van der Waals surface area (Å²) >= 11 is 1.63. The van der Waals surface area contributed by atoms with E-state index in [0.717, 1.165) is 65.1 Å². The number of carbonyl (C=O) groups excluding carboxylic acids is 1. The van der Waals surface area contributed by atoms with Crippen molar-refractivity contribution in [2.24, 2.45) is 0 Å². The van der Waals surface area contributed by atoms with Crippen molar-refractivity contribution < 1.29 is 18.0 Å². The van der Waals surface area contributed by atoms with Crippen molar-refractivity contribution in [3.05, 3.63) is 100 Å². The SMILES string of the molecule is CCn1c(-c2csc(C3CCN(C(=O)c4ccccc4-c4ccc(C(F)(F)F)cc4)CC3)n2)nc(-c2ccccn2)c1C. The number of hydrogen-bond donors (Lipinski definition) is 0. The van der Waals surface area contributed by atoms with Gasteiger partial charge in [0.2, 0.25) is 0 Å². The molecule has 0 radical (unpaired) electrons. The average molecular weight is 602 g/mol. The largest absolute Gasteiger partial charge is 0.416 e. The number of imidazole rings is 1. The van der Waals surface area contributed by atoms with Gasteiger partial charge in [-0.05, 0) is 68.1 Å². The molecule has 1 aliphatic heterocycles. The van der Waals surface area contributed by atoms with Crippen LogP contribution in [0.1, 0.15) is 52.3 Å². The number of piperidine rings is 1. The molecule has 6 rings (SSSR count). The minimum absolute atomic E-state index is 0.115. The fourth-order valence-electron chi connectivity index (χ4n) is 5.70. The summed E-state index contributed by atoms with van der Waals surface area (Å²) in [4.78, 5) is 29.8. The molecule has 0 spiro atoms. The van der Waals surface area contributed by atoms with Crippen LogP contribution in [-0.2, 0) is 12.7 Å². The second kappa shape index (κ2) is 11.8. The molecule has 220 valence electrons. The highest BCUT2D eigenvalue weighted by molar-refractivity contribution is 7.10. The lowest BCUT2D eigenvalue weighted by Gasteiger charge is -2.31. The molecule has 0 unspecified atom stereocenters. The zero-order valence-electron chi connectivity index (χ0n) is 23.8. The Hall–Kier alpha value is -4.31. The molecule has 0 bridgehead atoms. The molecule has 1 amide bonds. The number of likely N-dealkylation sites (tertiary alicyclic amines) is 1. The fourth-order valence-corrected chi connectivity index (χ4v) is 6.67. The minimum Gasteiger partial charge on any atom is -0.339 e. The molecular formula is C33H30F3N5OS. The highest BCUT2D eigenvalue weighted by Gasteiger charge is 2.31. The first-order chi connectivity index (χ1) is 20.7. The maximum atomic E-state index is 13.6. The summed E-state index contributed by atoms with van der Waals surface area (Å²) in [6.45, 7) is 6.07. The molecule has 10 heteroatoms. The van der Waals surface area contributed by atoms with Gasteiger partial charge in [-0.2, -0.15) is 13.2 Å². The normalized spacial score (nSPS) is 14.3. The zero-order valence-corrected chi connectivity index (χ0v) is 24.6. The van der Waals surface area contributed by atoms with Crippen LogP contribution in [0.4, 0.5) is 13.2 Å². The highest BCUT2D eigenvalue weighted by Crippen LogP contribution is 2.36. The smallest absolute Gasteiger partial charge is 0.339 e. The Labute approximate surface area is 251 Å². The van der Waals surface area contributed by atoms with Gasteiger partial charge in [-0.15, -0.1) is 11.3 Å². The van der Waals surface area contributed by atoms with E-state index in [0.29, 0.717) is 29.8 Å². The van der Waals surface area contributed by atoms with Gasteiger partial charge in [0.25, 0.3) is 5.91 Å². The molecule has 5 aromatic rings. The number of halogens is 3. The van der Waals surface area contributed by atoms with Crippen LogP contribution in [0.3, 0.4) is 0 Å². The van der Waals surface area contributed by atoms with Crippen LogP contribution >= 0.6 is 11.3 Å². The number of pyridine rings is 1. The Kier molecular flexibility index (Phi) is 7.87. The highest BCUT2D eigenvalue weighted by atomic mass is 32.1. The van der Waals surface area contributed by atoms with Crippen LogP contribution in [0, 0.1) is 6.92 Å². The molecule has 0 aliphatic carbocycles. The van der Waals surface area contributed by atoms with E-state index < -0.39 is 11.7 Å². The first-order valence-corrected chi connectivity index (χ1v) is 15.1. The zero-order chi connectivity index (χ0) is 30.1. The minimum atomic E-state index is -4.41. The molecular weight excluding hydrogens is 571 g/mol. The summed E-state index contributed by atoms with van der Waals surface area (Å²) in [5.41, 5.74) is 4.56. The van der Waals surface area contributed by atoms with E-state index in [1.165, 1.54) is 12.1 Å². The lowest BCUT2D eigenvalue weighted by molar-refractivity contribution is -0.137. The van der Waals surface area contributed by atoms with E-state index in [9.17, 15) is 18.0 Å². The first-order valence-electron chi connectivity index (χ1n) is 14.2. The monoisotopic (exact) mass is 601 g/mol. The number of nitrogens with zero attached hydrogens (tertiary/aromatic N) is 5. The number of carbonyl (C=O) groups is 1. The molecule has 3 aromatic heterocycles. The first kappa shape index (κ1) is 28.8. The van der Waals surface area contributed by atoms with Crippen molar-refractivity contribution in [1.29, 1.82) is 0 Å². The fraction of sp³-hybridized carbons (Fsp3) is 0.273. The van der Waals surface area contributed by atoms with Crippen molar-refractivity contribution in [2.45, 2.75) is 45.3 Å². The van der Waals surface area contributed by atoms with Crippen LogP contribution in [0.25, 0.3) is 34.0 Å². The Bertz CT molecular complexity index is 1740. The third kappa shape index (κ3) is 5.71. The topological polar surface area (TPSA) is 63.9 Å². The van der Waals surface area contributed by atoms with E-state index in [2.05, 4.69) is 28.8 Å². The Morgan fingerprint density at radius 3 is 2.35 bits per heavy atom. The van der Waals surface area contributed by atoms with E-state index in [1.807, 2.05) is 23.1 Å². The van der Waals surface area contributed by atoms with Gasteiger partial charge in [0.05, 0.1) is 16.3 Å². The molecule has 2 aromatic carbocycles. The van der Waals surface area contributed by atoms with E-state index in [4.69, 9.17) is 9.97 Å². The lowest BCUT2D eigenvalue weighted by Crippen LogP contribution is -2.38. The van der Waals surface area contributed by atoms with Crippen molar-refractivity contribution in [3.63, 3.8) is 0 Å². The number of alkyl halides is 3. The van der Waals surface area contributed by atoms with Crippen LogP contribution in [0.2, 0.25) is 0 Å². The summed E-state index contributed by atoms with van der Waals surface area (Å²) < 4.78 is 41.3. The van der Waals surface area contributed by atoms with E-state index >= 15 is 0 Å². The van der Waals surface area contributed by atoms with Gasteiger partial charge in [0.15, 0.2) is 5.82 Å². The Balaban J connectivity index is 1.16. The van der Waals surface area contributed by atoms with Crippen LogP contribution in [0.15, 0.2) is 78.3 Å². The van der Waals surface area contributed by atoms with Crippen molar-refractivity contribution in [1.82, 2.24) is 24.4 Å². The molecule has 0 saturated carbocycles. The molecule has 43 heavy (non-hydrogen) atoms. The Morgan fingerprint density at radius 2 is 1.67 bits per heavy atom.